The van der Waals surface area contributed by atoms with Crippen LogP contribution in [0, 0.1) is 0 Å². The Labute approximate surface area is 59.8 Å². The van der Waals surface area contributed by atoms with Crippen molar-refractivity contribution in [3.8, 4) is 0 Å². The summed E-state index contributed by atoms with van der Waals surface area (Å²) < 4.78 is 1.77. The van der Waals surface area contributed by atoms with E-state index in [1.165, 1.54) is 17.7 Å². The summed E-state index contributed by atoms with van der Waals surface area (Å²) in [6, 6.07) is 0. The van der Waals surface area contributed by atoms with Gasteiger partial charge in [0.05, 0.1) is 5.69 Å². The number of fused-ring (bicyclic) bond motifs is 1. The van der Waals surface area contributed by atoms with Gasteiger partial charge >= 0.3 is 0 Å². The van der Waals surface area contributed by atoms with E-state index in [2.05, 4.69) is 5.10 Å². The van der Waals surface area contributed by atoms with Crippen molar-refractivity contribution in [3.05, 3.63) is 11.3 Å². The van der Waals surface area contributed by atoms with Crippen molar-refractivity contribution in [2.24, 2.45) is 7.05 Å². The minimum atomic E-state index is 0.854. The summed E-state index contributed by atoms with van der Waals surface area (Å²) in [6.07, 6.45) is 3.46. The molecule has 2 N–H and O–H groups in total. The highest BCUT2D eigenvalue weighted by Crippen LogP contribution is 2.25. The first-order valence-electron chi connectivity index (χ1n) is 3.59. The first kappa shape index (κ1) is 5.77. The molecule has 1 aliphatic rings. The van der Waals surface area contributed by atoms with E-state index in [9.17, 15) is 0 Å². The summed E-state index contributed by atoms with van der Waals surface area (Å²) in [5.74, 6) is 0.854. The number of nitrogens with zero attached hydrogens (tertiary/aromatic N) is 2. The van der Waals surface area contributed by atoms with Gasteiger partial charge in [0, 0.05) is 12.6 Å². The van der Waals surface area contributed by atoms with E-state index < -0.39 is 0 Å². The van der Waals surface area contributed by atoms with Crippen LogP contribution < -0.4 is 5.73 Å². The zero-order valence-corrected chi connectivity index (χ0v) is 6.09. The van der Waals surface area contributed by atoms with Crippen LogP contribution in [0.5, 0.6) is 0 Å². The fourth-order valence-electron chi connectivity index (χ4n) is 1.54. The number of hydrogen-bond acceptors (Lipinski definition) is 2. The van der Waals surface area contributed by atoms with Gasteiger partial charge < -0.3 is 5.73 Å². The smallest absolute Gasteiger partial charge is 0.124 e. The lowest BCUT2D eigenvalue weighted by Gasteiger charge is -1.94. The van der Waals surface area contributed by atoms with E-state index in [1.54, 1.807) is 4.68 Å². The van der Waals surface area contributed by atoms with Crippen LogP contribution in [0.3, 0.4) is 0 Å². The van der Waals surface area contributed by atoms with Crippen molar-refractivity contribution in [2.75, 3.05) is 5.73 Å². The zero-order valence-electron chi connectivity index (χ0n) is 6.09. The summed E-state index contributed by atoms with van der Waals surface area (Å²) in [5.41, 5.74) is 8.24. The van der Waals surface area contributed by atoms with Crippen molar-refractivity contribution >= 4 is 5.82 Å². The van der Waals surface area contributed by atoms with Crippen LogP contribution in [0.2, 0.25) is 0 Å². The Morgan fingerprint density at radius 2 is 2.30 bits per heavy atom. The summed E-state index contributed by atoms with van der Waals surface area (Å²) >= 11 is 0. The highest BCUT2D eigenvalue weighted by molar-refractivity contribution is 5.45. The lowest BCUT2D eigenvalue weighted by atomic mass is 10.3. The average molecular weight is 137 g/mol. The molecule has 3 nitrogen and oxygen atoms in total. The van der Waals surface area contributed by atoms with Gasteiger partial charge in [-0.1, -0.05) is 0 Å². The molecular weight excluding hydrogens is 126 g/mol. The molecule has 0 aliphatic heterocycles. The third-order valence-electron chi connectivity index (χ3n) is 2.12. The summed E-state index contributed by atoms with van der Waals surface area (Å²) in [5, 5.41) is 4.28. The van der Waals surface area contributed by atoms with Crippen LogP contribution in [-0.2, 0) is 19.9 Å². The number of nitrogens with two attached hydrogens (primary N) is 1. The molecule has 0 fully saturated rings. The molecule has 0 atom stereocenters. The third-order valence-corrected chi connectivity index (χ3v) is 2.12. The van der Waals surface area contributed by atoms with Crippen molar-refractivity contribution < 1.29 is 0 Å². The molecule has 0 bridgehead atoms. The highest BCUT2D eigenvalue weighted by Gasteiger charge is 2.18. The summed E-state index contributed by atoms with van der Waals surface area (Å²) in [7, 11) is 1.90. The molecule has 1 aromatic rings. The Hall–Kier alpha value is -0.990. The molecule has 0 unspecified atom stereocenters. The Morgan fingerprint density at radius 1 is 1.50 bits per heavy atom. The fourth-order valence-corrected chi connectivity index (χ4v) is 1.54. The molecule has 0 spiro atoms. The standard InChI is InChI=1S/C7H11N3/c1-10-7(8)5-3-2-4-6(5)9-10/h2-4,8H2,1H3. The predicted molar refractivity (Wildman–Crippen MR) is 39.6 cm³/mol. The van der Waals surface area contributed by atoms with E-state index in [0.717, 1.165) is 18.7 Å². The Kier molecular flexibility index (Phi) is 1.01. The van der Waals surface area contributed by atoms with Gasteiger partial charge in [0.25, 0.3) is 0 Å². The number of nitrogen functional groups attached to an aromatic ring is 1. The van der Waals surface area contributed by atoms with Gasteiger partial charge in [0.15, 0.2) is 0 Å². The number of aryl methyl sites for hydroxylation is 2. The van der Waals surface area contributed by atoms with E-state index >= 15 is 0 Å². The first-order chi connectivity index (χ1) is 4.79. The van der Waals surface area contributed by atoms with Crippen LogP contribution in [0.25, 0.3) is 0 Å². The minimum absolute atomic E-state index is 0.854. The minimum Gasteiger partial charge on any atom is -0.384 e. The highest BCUT2D eigenvalue weighted by atomic mass is 15.3. The van der Waals surface area contributed by atoms with Gasteiger partial charge in [-0.2, -0.15) is 5.10 Å². The maximum Gasteiger partial charge on any atom is 0.124 e. The average Bonchev–Trinajstić information content (AvgIpc) is 2.41. The quantitative estimate of drug-likeness (QED) is 0.565. The second kappa shape index (κ2) is 1.75. The van der Waals surface area contributed by atoms with Crippen molar-refractivity contribution in [1.82, 2.24) is 9.78 Å². The van der Waals surface area contributed by atoms with Gasteiger partial charge in [0.2, 0.25) is 0 Å². The van der Waals surface area contributed by atoms with Crippen LogP contribution in [-0.4, -0.2) is 9.78 Å². The van der Waals surface area contributed by atoms with Crippen molar-refractivity contribution in [2.45, 2.75) is 19.3 Å². The largest absolute Gasteiger partial charge is 0.384 e. The molecule has 0 saturated heterocycles. The van der Waals surface area contributed by atoms with E-state index in [-0.39, 0.29) is 0 Å². The maximum atomic E-state index is 5.75. The molecule has 54 valence electrons. The number of aromatic nitrogens is 2. The Balaban J connectivity index is 2.59. The molecule has 0 aromatic carbocycles. The SMILES string of the molecule is Cn1nc2c(c1N)CCC2. The molecule has 0 amide bonds. The molecule has 1 heterocycles. The van der Waals surface area contributed by atoms with E-state index in [0.29, 0.717) is 0 Å². The molecule has 0 saturated carbocycles. The maximum absolute atomic E-state index is 5.75. The van der Waals surface area contributed by atoms with Gasteiger partial charge in [-0.25, -0.2) is 0 Å². The number of rotatable bonds is 0. The summed E-state index contributed by atoms with van der Waals surface area (Å²) in [4.78, 5) is 0. The number of anilines is 1. The lowest BCUT2D eigenvalue weighted by molar-refractivity contribution is 0.737. The summed E-state index contributed by atoms with van der Waals surface area (Å²) in [6.45, 7) is 0. The van der Waals surface area contributed by atoms with E-state index in [1.807, 2.05) is 7.05 Å². The van der Waals surface area contributed by atoms with Gasteiger partial charge in [-0.05, 0) is 19.3 Å². The molecule has 1 aliphatic carbocycles. The third kappa shape index (κ3) is 0.574. The van der Waals surface area contributed by atoms with E-state index in [4.69, 9.17) is 5.73 Å². The Morgan fingerprint density at radius 3 is 3.00 bits per heavy atom. The zero-order chi connectivity index (χ0) is 7.14. The number of hydrogen-bond donors (Lipinski definition) is 1. The Bertz CT molecular complexity index is 262. The normalized spacial score (nSPS) is 15.7. The molecular formula is C7H11N3. The monoisotopic (exact) mass is 137 g/mol. The second-order valence-corrected chi connectivity index (χ2v) is 2.79. The van der Waals surface area contributed by atoms with Gasteiger partial charge in [-0.3, -0.25) is 4.68 Å². The predicted octanol–water partition coefficient (Wildman–Crippen LogP) is 0.491. The van der Waals surface area contributed by atoms with Crippen LogP contribution >= 0.6 is 0 Å². The molecule has 1 aromatic heterocycles. The van der Waals surface area contributed by atoms with Crippen LogP contribution in [0.1, 0.15) is 17.7 Å². The van der Waals surface area contributed by atoms with Crippen molar-refractivity contribution in [3.63, 3.8) is 0 Å². The van der Waals surface area contributed by atoms with Gasteiger partial charge in [-0.15, -0.1) is 0 Å². The molecule has 0 radical (unpaired) electrons. The molecule has 2 rings (SSSR count). The molecule has 3 heteroatoms. The van der Waals surface area contributed by atoms with Crippen LogP contribution in [0.4, 0.5) is 5.82 Å². The fraction of sp³-hybridized carbons (Fsp3) is 0.571. The van der Waals surface area contributed by atoms with Crippen molar-refractivity contribution in [1.29, 1.82) is 0 Å². The van der Waals surface area contributed by atoms with Gasteiger partial charge in [0.1, 0.15) is 5.82 Å². The van der Waals surface area contributed by atoms with Crippen LogP contribution in [0.15, 0.2) is 0 Å². The first-order valence-corrected chi connectivity index (χ1v) is 3.59. The molecule has 10 heavy (non-hydrogen) atoms. The second-order valence-electron chi connectivity index (χ2n) is 2.79. The lowest BCUT2D eigenvalue weighted by Crippen LogP contribution is -1.99. The topological polar surface area (TPSA) is 43.8 Å².